The van der Waals surface area contributed by atoms with E-state index in [9.17, 15) is 4.79 Å². The largest absolute Gasteiger partial charge is 0.353 e. The number of carbonyl (C=O) groups excluding carboxylic acids is 1. The van der Waals surface area contributed by atoms with Gasteiger partial charge in [-0.25, -0.2) is 0 Å². The molecule has 0 aromatic rings. The van der Waals surface area contributed by atoms with Crippen LogP contribution in [-0.2, 0) is 4.79 Å². The van der Waals surface area contributed by atoms with Crippen LogP contribution >= 0.6 is 11.8 Å². The van der Waals surface area contributed by atoms with E-state index in [1.807, 2.05) is 11.8 Å². The van der Waals surface area contributed by atoms with Crippen LogP contribution in [0.3, 0.4) is 0 Å². The number of carbonyl (C=O) groups is 1. The third-order valence-corrected chi connectivity index (χ3v) is 4.46. The molecule has 2 atom stereocenters. The minimum atomic E-state index is 0.189. The van der Waals surface area contributed by atoms with Crippen molar-refractivity contribution in [2.45, 2.75) is 44.2 Å². The zero-order valence-corrected chi connectivity index (χ0v) is 9.89. The summed E-state index contributed by atoms with van der Waals surface area (Å²) in [4.78, 5) is 11.9. The maximum atomic E-state index is 11.9. The predicted octanol–water partition coefficient (Wildman–Crippen LogP) is 1.13. The third kappa shape index (κ3) is 3.11. The monoisotopic (exact) mass is 228 g/mol. The molecule has 2 fully saturated rings. The van der Waals surface area contributed by atoms with Crippen LogP contribution in [0.4, 0.5) is 0 Å². The maximum Gasteiger partial charge on any atom is 0.223 e. The highest BCUT2D eigenvalue weighted by atomic mass is 32.2. The van der Waals surface area contributed by atoms with Gasteiger partial charge in [0.05, 0.1) is 0 Å². The van der Waals surface area contributed by atoms with E-state index in [1.54, 1.807) is 0 Å². The van der Waals surface area contributed by atoms with Crippen LogP contribution in [0.1, 0.15) is 32.1 Å². The molecule has 1 amide bonds. The molecule has 3 N–H and O–H groups in total. The van der Waals surface area contributed by atoms with E-state index in [1.165, 1.54) is 11.5 Å². The van der Waals surface area contributed by atoms with Crippen LogP contribution < -0.4 is 11.1 Å². The van der Waals surface area contributed by atoms with Gasteiger partial charge in [0, 0.05) is 18.0 Å². The van der Waals surface area contributed by atoms with Crippen molar-refractivity contribution < 1.29 is 4.79 Å². The third-order valence-electron chi connectivity index (χ3n) is 3.41. The van der Waals surface area contributed by atoms with Crippen molar-refractivity contribution in [2.24, 2.45) is 11.7 Å². The highest BCUT2D eigenvalue weighted by molar-refractivity contribution is 7.99. The molecule has 0 aromatic carbocycles. The van der Waals surface area contributed by atoms with Gasteiger partial charge in [-0.2, -0.15) is 11.8 Å². The molecule has 3 nitrogen and oxygen atoms in total. The normalized spacial score (nSPS) is 32.9. The molecule has 1 aliphatic heterocycles. The first-order valence-corrected chi connectivity index (χ1v) is 7.05. The van der Waals surface area contributed by atoms with Gasteiger partial charge in [0.15, 0.2) is 0 Å². The first kappa shape index (κ1) is 11.3. The lowest BCUT2D eigenvalue weighted by Crippen LogP contribution is -2.40. The minimum absolute atomic E-state index is 0.189. The van der Waals surface area contributed by atoms with E-state index in [4.69, 9.17) is 5.73 Å². The molecule has 1 heterocycles. The zero-order chi connectivity index (χ0) is 10.7. The van der Waals surface area contributed by atoms with Crippen LogP contribution in [0.5, 0.6) is 0 Å². The predicted molar refractivity (Wildman–Crippen MR) is 63.8 cm³/mol. The van der Waals surface area contributed by atoms with Gasteiger partial charge in [-0.1, -0.05) is 0 Å². The lowest BCUT2D eigenvalue weighted by molar-refractivity contribution is -0.125. The average Bonchev–Trinajstić information content (AvgIpc) is 2.66. The molecule has 0 bridgehead atoms. The summed E-state index contributed by atoms with van der Waals surface area (Å²) in [6.07, 6.45) is 5.14. The fraction of sp³-hybridized carbons (Fsp3) is 0.909. The maximum absolute atomic E-state index is 11.9. The topological polar surface area (TPSA) is 55.1 Å². The smallest absolute Gasteiger partial charge is 0.223 e. The summed E-state index contributed by atoms with van der Waals surface area (Å²) in [6.45, 7) is 0. The molecule has 1 saturated heterocycles. The molecule has 2 rings (SSSR count). The van der Waals surface area contributed by atoms with Crippen LogP contribution in [0.2, 0.25) is 0 Å². The van der Waals surface area contributed by atoms with Gasteiger partial charge in [0.2, 0.25) is 5.91 Å². The first-order chi connectivity index (χ1) is 7.25. The van der Waals surface area contributed by atoms with Gasteiger partial charge in [-0.05, 0) is 43.6 Å². The summed E-state index contributed by atoms with van der Waals surface area (Å²) in [5.41, 5.74) is 5.81. The molecule has 86 valence electrons. The number of hydrogen-bond donors (Lipinski definition) is 2. The fourth-order valence-electron chi connectivity index (χ4n) is 2.42. The number of thioether (sulfide) groups is 1. The van der Waals surface area contributed by atoms with E-state index in [0.29, 0.717) is 6.04 Å². The summed E-state index contributed by atoms with van der Waals surface area (Å²) in [5, 5.41) is 3.17. The van der Waals surface area contributed by atoms with Crippen molar-refractivity contribution in [2.75, 3.05) is 11.5 Å². The molecule has 2 aliphatic rings. The second-order valence-corrected chi connectivity index (χ2v) is 5.89. The Kier molecular flexibility index (Phi) is 3.92. The highest BCUT2D eigenvalue weighted by Crippen LogP contribution is 2.25. The summed E-state index contributed by atoms with van der Waals surface area (Å²) in [5.74, 6) is 2.82. The lowest BCUT2D eigenvalue weighted by atomic mass is 10.1. The Bertz CT molecular complexity index is 229. The Morgan fingerprint density at radius 3 is 2.53 bits per heavy atom. The number of rotatable bonds is 2. The van der Waals surface area contributed by atoms with Crippen LogP contribution in [0.25, 0.3) is 0 Å². The second-order valence-electron chi connectivity index (χ2n) is 4.67. The molecular formula is C11H20N2OS. The molecule has 0 radical (unpaired) electrons. The standard InChI is InChI=1S/C11H20N2OS/c12-9-2-1-8(7-9)11(14)13-10-3-5-15-6-4-10/h8-10H,1-7,12H2,(H,13,14). The summed E-state index contributed by atoms with van der Waals surface area (Å²) in [7, 11) is 0. The van der Waals surface area contributed by atoms with E-state index in [-0.39, 0.29) is 17.9 Å². The Labute approximate surface area is 95.6 Å². The van der Waals surface area contributed by atoms with Gasteiger partial charge in [0.25, 0.3) is 0 Å². The van der Waals surface area contributed by atoms with Crippen molar-refractivity contribution in [3.05, 3.63) is 0 Å². The van der Waals surface area contributed by atoms with Crippen molar-refractivity contribution in [1.29, 1.82) is 0 Å². The molecule has 0 spiro atoms. The number of amides is 1. The molecular weight excluding hydrogens is 208 g/mol. The van der Waals surface area contributed by atoms with Crippen molar-refractivity contribution >= 4 is 17.7 Å². The van der Waals surface area contributed by atoms with E-state index in [0.717, 1.165) is 32.1 Å². The van der Waals surface area contributed by atoms with Crippen LogP contribution in [0, 0.1) is 5.92 Å². The summed E-state index contributed by atoms with van der Waals surface area (Å²) < 4.78 is 0. The molecule has 4 heteroatoms. The SMILES string of the molecule is NC1CCC(C(=O)NC2CCSCC2)C1. The van der Waals surface area contributed by atoms with Gasteiger partial charge in [-0.3, -0.25) is 4.79 Å². The van der Waals surface area contributed by atoms with Gasteiger partial charge in [-0.15, -0.1) is 0 Å². The second kappa shape index (κ2) is 5.21. The quantitative estimate of drug-likeness (QED) is 0.745. The fourth-order valence-corrected chi connectivity index (χ4v) is 3.52. The molecule has 1 saturated carbocycles. The van der Waals surface area contributed by atoms with E-state index >= 15 is 0 Å². The average molecular weight is 228 g/mol. The Hall–Kier alpha value is -0.220. The van der Waals surface area contributed by atoms with Crippen LogP contribution in [-0.4, -0.2) is 29.5 Å². The van der Waals surface area contributed by atoms with Crippen molar-refractivity contribution in [3.63, 3.8) is 0 Å². The highest BCUT2D eigenvalue weighted by Gasteiger charge is 2.29. The Morgan fingerprint density at radius 1 is 1.20 bits per heavy atom. The Morgan fingerprint density at radius 2 is 1.93 bits per heavy atom. The Balaban J connectivity index is 1.76. The number of nitrogens with two attached hydrogens (primary N) is 1. The first-order valence-electron chi connectivity index (χ1n) is 5.89. The number of nitrogens with one attached hydrogen (secondary N) is 1. The summed E-state index contributed by atoms with van der Waals surface area (Å²) >= 11 is 1.99. The molecule has 2 unspecified atom stereocenters. The van der Waals surface area contributed by atoms with Gasteiger partial charge < -0.3 is 11.1 Å². The van der Waals surface area contributed by atoms with E-state index in [2.05, 4.69) is 5.32 Å². The number of hydrogen-bond acceptors (Lipinski definition) is 3. The zero-order valence-electron chi connectivity index (χ0n) is 9.08. The van der Waals surface area contributed by atoms with Gasteiger partial charge in [0.1, 0.15) is 0 Å². The molecule has 0 aromatic heterocycles. The van der Waals surface area contributed by atoms with Crippen LogP contribution in [0.15, 0.2) is 0 Å². The molecule has 1 aliphatic carbocycles. The van der Waals surface area contributed by atoms with E-state index < -0.39 is 0 Å². The van der Waals surface area contributed by atoms with Crippen molar-refractivity contribution in [3.8, 4) is 0 Å². The lowest BCUT2D eigenvalue weighted by Gasteiger charge is -2.24. The summed E-state index contributed by atoms with van der Waals surface area (Å²) in [6, 6.07) is 0.679. The minimum Gasteiger partial charge on any atom is -0.353 e. The van der Waals surface area contributed by atoms with Gasteiger partial charge >= 0.3 is 0 Å². The van der Waals surface area contributed by atoms with Crippen molar-refractivity contribution in [1.82, 2.24) is 5.32 Å². The molecule has 15 heavy (non-hydrogen) atoms.